The summed E-state index contributed by atoms with van der Waals surface area (Å²) in [6.07, 6.45) is 4.04. The van der Waals surface area contributed by atoms with E-state index in [0.29, 0.717) is 0 Å². The number of aliphatic hydroxyl groups is 1. The Morgan fingerprint density at radius 1 is 1.60 bits per heavy atom. The molecule has 3 heteroatoms. The van der Waals surface area contributed by atoms with Crippen molar-refractivity contribution in [3.8, 4) is 0 Å². The molecule has 0 bridgehead atoms. The highest BCUT2D eigenvalue weighted by molar-refractivity contribution is 5.40. The molecule has 1 aromatic heterocycles. The minimum absolute atomic E-state index is 0.416. The topological polar surface area (TPSA) is 36.4 Å². The number of pyridine rings is 1. The van der Waals surface area contributed by atoms with Gasteiger partial charge < -0.3 is 10.0 Å². The zero-order chi connectivity index (χ0) is 10.8. The molecule has 0 amide bonds. The first-order chi connectivity index (χ1) is 7.16. The van der Waals surface area contributed by atoms with Crippen LogP contribution in [0.25, 0.3) is 0 Å². The summed E-state index contributed by atoms with van der Waals surface area (Å²) in [4.78, 5) is 6.49. The van der Waals surface area contributed by atoms with Crippen LogP contribution in [0, 0.1) is 5.92 Å². The van der Waals surface area contributed by atoms with Crippen LogP contribution in [0.15, 0.2) is 18.3 Å². The van der Waals surface area contributed by atoms with E-state index in [1.807, 2.05) is 12.1 Å². The highest BCUT2D eigenvalue weighted by Gasteiger charge is 2.23. The lowest BCUT2D eigenvalue weighted by Gasteiger charge is -2.18. The lowest BCUT2D eigenvalue weighted by atomic mass is 10.1. The van der Waals surface area contributed by atoms with Crippen molar-refractivity contribution in [3.05, 3.63) is 23.9 Å². The molecular formula is C12H18N2O. The van der Waals surface area contributed by atoms with Gasteiger partial charge in [0.1, 0.15) is 5.82 Å². The van der Waals surface area contributed by atoms with Gasteiger partial charge in [0.25, 0.3) is 0 Å². The van der Waals surface area contributed by atoms with Crippen molar-refractivity contribution >= 4 is 5.82 Å². The fourth-order valence-electron chi connectivity index (χ4n) is 1.68. The smallest absolute Gasteiger partial charge is 0.128 e. The molecule has 1 saturated carbocycles. The maximum atomic E-state index is 9.48. The van der Waals surface area contributed by atoms with Crippen molar-refractivity contribution in [2.75, 3.05) is 18.5 Å². The summed E-state index contributed by atoms with van der Waals surface area (Å²) in [5.41, 5.74) is 0.933. The van der Waals surface area contributed by atoms with Crippen molar-refractivity contribution in [3.63, 3.8) is 0 Å². The van der Waals surface area contributed by atoms with E-state index in [9.17, 15) is 5.11 Å². The predicted octanol–water partition coefficient (Wildman–Crippen LogP) is 1.98. The Bertz CT molecular complexity index is 334. The Kier molecular flexibility index (Phi) is 2.91. The summed E-state index contributed by atoms with van der Waals surface area (Å²) < 4.78 is 0. The highest BCUT2D eigenvalue weighted by Crippen LogP contribution is 2.30. The molecule has 15 heavy (non-hydrogen) atoms. The molecule has 1 aliphatic rings. The second kappa shape index (κ2) is 4.19. The molecule has 1 aliphatic carbocycles. The molecule has 1 atom stereocenters. The Balaban J connectivity index is 2.08. The van der Waals surface area contributed by atoms with Crippen LogP contribution >= 0.6 is 0 Å². The van der Waals surface area contributed by atoms with Gasteiger partial charge in [-0.1, -0.05) is 0 Å². The summed E-state index contributed by atoms with van der Waals surface area (Å²) in [6.45, 7) is 2.86. The quantitative estimate of drug-likeness (QED) is 0.818. The normalized spacial score (nSPS) is 17.5. The lowest BCUT2D eigenvalue weighted by molar-refractivity contribution is 0.199. The van der Waals surface area contributed by atoms with Crippen LogP contribution in [-0.2, 0) is 0 Å². The SMILES string of the molecule is C[C@@H](O)c1ccnc(N(C)CC2CC2)c1. The number of hydrogen-bond acceptors (Lipinski definition) is 3. The van der Waals surface area contributed by atoms with E-state index < -0.39 is 6.10 Å². The molecule has 1 fully saturated rings. The van der Waals surface area contributed by atoms with Gasteiger partial charge in [-0.25, -0.2) is 4.98 Å². The first-order valence-electron chi connectivity index (χ1n) is 5.52. The fraction of sp³-hybridized carbons (Fsp3) is 0.583. The van der Waals surface area contributed by atoms with E-state index in [0.717, 1.165) is 23.8 Å². The maximum absolute atomic E-state index is 9.48. The lowest BCUT2D eigenvalue weighted by Crippen LogP contribution is -2.21. The van der Waals surface area contributed by atoms with Crippen LogP contribution in [-0.4, -0.2) is 23.7 Å². The van der Waals surface area contributed by atoms with Gasteiger partial charge in [0.05, 0.1) is 6.10 Å². The molecule has 0 aliphatic heterocycles. The van der Waals surface area contributed by atoms with Gasteiger partial charge in [0, 0.05) is 19.8 Å². The number of hydrogen-bond donors (Lipinski definition) is 1. The zero-order valence-electron chi connectivity index (χ0n) is 9.35. The molecule has 0 radical (unpaired) electrons. The summed E-state index contributed by atoms with van der Waals surface area (Å²) >= 11 is 0. The Morgan fingerprint density at radius 3 is 2.93 bits per heavy atom. The number of aliphatic hydroxyl groups excluding tert-OH is 1. The second-order valence-corrected chi connectivity index (χ2v) is 4.45. The summed E-state index contributed by atoms with van der Waals surface area (Å²) in [7, 11) is 2.06. The average molecular weight is 206 g/mol. The van der Waals surface area contributed by atoms with E-state index in [-0.39, 0.29) is 0 Å². The van der Waals surface area contributed by atoms with Crippen LogP contribution < -0.4 is 4.90 Å². The average Bonchev–Trinajstić information content (AvgIpc) is 3.02. The molecule has 82 valence electrons. The van der Waals surface area contributed by atoms with Gasteiger partial charge in [0.15, 0.2) is 0 Å². The third kappa shape index (κ3) is 2.69. The molecule has 1 heterocycles. The molecule has 0 saturated heterocycles. The minimum atomic E-state index is -0.416. The number of nitrogens with zero attached hydrogens (tertiary/aromatic N) is 2. The van der Waals surface area contributed by atoms with Crippen molar-refractivity contribution in [2.24, 2.45) is 5.92 Å². The zero-order valence-corrected chi connectivity index (χ0v) is 9.35. The Morgan fingerprint density at radius 2 is 2.33 bits per heavy atom. The Hall–Kier alpha value is -1.09. The van der Waals surface area contributed by atoms with Crippen LogP contribution in [0.5, 0.6) is 0 Å². The summed E-state index contributed by atoms with van der Waals surface area (Å²) in [5, 5.41) is 9.48. The van der Waals surface area contributed by atoms with Gasteiger partial charge in [0.2, 0.25) is 0 Å². The summed E-state index contributed by atoms with van der Waals surface area (Å²) in [5.74, 6) is 1.81. The molecule has 0 spiro atoms. The van der Waals surface area contributed by atoms with Gasteiger partial charge in [-0.15, -0.1) is 0 Å². The molecule has 0 aromatic carbocycles. The van der Waals surface area contributed by atoms with E-state index in [1.165, 1.54) is 12.8 Å². The number of aromatic nitrogens is 1. The van der Waals surface area contributed by atoms with E-state index in [1.54, 1.807) is 13.1 Å². The van der Waals surface area contributed by atoms with E-state index >= 15 is 0 Å². The van der Waals surface area contributed by atoms with Crippen molar-refractivity contribution < 1.29 is 5.11 Å². The van der Waals surface area contributed by atoms with Crippen molar-refractivity contribution in [1.29, 1.82) is 0 Å². The molecular weight excluding hydrogens is 188 g/mol. The molecule has 1 aromatic rings. The van der Waals surface area contributed by atoms with Gasteiger partial charge in [-0.05, 0) is 43.4 Å². The van der Waals surface area contributed by atoms with Crippen molar-refractivity contribution in [1.82, 2.24) is 4.98 Å². The van der Waals surface area contributed by atoms with Gasteiger partial charge in [-0.2, -0.15) is 0 Å². The highest BCUT2D eigenvalue weighted by atomic mass is 16.3. The largest absolute Gasteiger partial charge is 0.389 e. The Labute approximate surface area is 90.8 Å². The number of rotatable bonds is 4. The number of anilines is 1. The van der Waals surface area contributed by atoms with Gasteiger partial charge >= 0.3 is 0 Å². The maximum Gasteiger partial charge on any atom is 0.128 e. The van der Waals surface area contributed by atoms with Crippen LogP contribution in [0.3, 0.4) is 0 Å². The minimum Gasteiger partial charge on any atom is -0.389 e. The fourth-order valence-corrected chi connectivity index (χ4v) is 1.68. The van der Waals surface area contributed by atoms with Crippen molar-refractivity contribution in [2.45, 2.75) is 25.9 Å². The monoisotopic (exact) mass is 206 g/mol. The van der Waals surface area contributed by atoms with Crippen LogP contribution in [0.1, 0.15) is 31.4 Å². The van der Waals surface area contributed by atoms with Crippen LogP contribution in [0.4, 0.5) is 5.82 Å². The first kappa shape index (κ1) is 10.4. The van der Waals surface area contributed by atoms with E-state index in [4.69, 9.17) is 0 Å². The van der Waals surface area contributed by atoms with E-state index in [2.05, 4.69) is 16.9 Å². The summed E-state index contributed by atoms with van der Waals surface area (Å²) in [6, 6.07) is 3.83. The molecule has 0 unspecified atom stereocenters. The third-order valence-electron chi connectivity index (χ3n) is 2.87. The molecule has 1 N–H and O–H groups in total. The second-order valence-electron chi connectivity index (χ2n) is 4.45. The first-order valence-corrected chi connectivity index (χ1v) is 5.52. The molecule has 2 rings (SSSR count). The third-order valence-corrected chi connectivity index (χ3v) is 2.87. The van der Waals surface area contributed by atoms with Gasteiger partial charge in [-0.3, -0.25) is 0 Å². The standard InChI is InChI=1S/C12H18N2O/c1-9(15)11-5-6-13-12(7-11)14(2)8-10-3-4-10/h5-7,9-10,15H,3-4,8H2,1-2H3/t9-/m1/s1. The van der Waals surface area contributed by atoms with Crippen LogP contribution in [0.2, 0.25) is 0 Å². The molecule has 3 nitrogen and oxygen atoms in total. The predicted molar refractivity (Wildman–Crippen MR) is 60.9 cm³/mol.